The molecule has 7 nitrogen and oxygen atoms in total. The third-order valence-corrected chi connectivity index (χ3v) is 6.51. The van der Waals surface area contributed by atoms with E-state index in [-0.39, 0.29) is 12.0 Å². The van der Waals surface area contributed by atoms with Gasteiger partial charge in [-0.2, -0.15) is 0 Å². The molecule has 32 heavy (non-hydrogen) atoms. The van der Waals surface area contributed by atoms with E-state index in [1.165, 1.54) is 17.4 Å². The number of nitrogens with zero attached hydrogens (tertiary/aromatic N) is 5. The van der Waals surface area contributed by atoms with Gasteiger partial charge in [-0.3, -0.25) is 4.79 Å². The quantitative estimate of drug-likeness (QED) is 0.485. The predicted molar refractivity (Wildman–Crippen MR) is 127 cm³/mol. The number of carbonyl (C=O) groups excluding carboxylic acids is 1. The standard InChI is InChI=1S/C24H29N5O2S/c1-3-29-23(19(2)31-21-12-8-5-9-13-21)25-26-24(29)32-18-22(30)28-16-14-27(15-17-28)20-10-6-4-7-11-20/h4-13,19H,3,14-18H2,1-2H3. The van der Waals surface area contributed by atoms with E-state index in [0.717, 1.165) is 49.5 Å². The molecule has 8 heteroatoms. The van der Waals surface area contributed by atoms with Crippen LogP contribution in [0.15, 0.2) is 65.8 Å². The van der Waals surface area contributed by atoms with Crippen molar-refractivity contribution in [1.29, 1.82) is 0 Å². The van der Waals surface area contributed by atoms with Crippen molar-refractivity contribution in [3.05, 3.63) is 66.5 Å². The average Bonchev–Trinajstić information content (AvgIpc) is 3.27. The third kappa shape index (κ3) is 5.24. The molecule has 0 spiro atoms. The maximum Gasteiger partial charge on any atom is 0.233 e. The van der Waals surface area contributed by atoms with Crippen LogP contribution in [0.25, 0.3) is 0 Å². The number of benzene rings is 2. The molecule has 0 aliphatic carbocycles. The second kappa shape index (κ2) is 10.5. The molecule has 0 radical (unpaired) electrons. The number of hydrogen-bond acceptors (Lipinski definition) is 6. The van der Waals surface area contributed by atoms with Gasteiger partial charge in [-0.1, -0.05) is 48.2 Å². The van der Waals surface area contributed by atoms with E-state index in [1.807, 2.05) is 64.9 Å². The van der Waals surface area contributed by atoms with E-state index < -0.39 is 0 Å². The van der Waals surface area contributed by atoms with Gasteiger partial charge in [0.2, 0.25) is 5.91 Å². The van der Waals surface area contributed by atoms with E-state index in [9.17, 15) is 4.79 Å². The van der Waals surface area contributed by atoms with Gasteiger partial charge >= 0.3 is 0 Å². The van der Waals surface area contributed by atoms with Gasteiger partial charge in [-0.25, -0.2) is 0 Å². The summed E-state index contributed by atoms with van der Waals surface area (Å²) in [5.74, 6) is 2.06. The third-order valence-electron chi connectivity index (χ3n) is 5.56. The number of hydrogen-bond donors (Lipinski definition) is 0. The topological polar surface area (TPSA) is 63.5 Å². The molecule has 1 aliphatic rings. The highest BCUT2D eigenvalue weighted by Gasteiger charge is 2.23. The maximum absolute atomic E-state index is 12.8. The molecule has 0 bridgehead atoms. The highest BCUT2D eigenvalue weighted by molar-refractivity contribution is 7.99. The second-order valence-corrected chi connectivity index (χ2v) is 8.59. The molecule has 0 N–H and O–H groups in total. The highest BCUT2D eigenvalue weighted by atomic mass is 32.2. The van der Waals surface area contributed by atoms with E-state index in [0.29, 0.717) is 5.75 Å². The zero-order chi connectivity index (χ0) is 22.3. The number of amides is 1. The first kappa shape index (κ1) is 22.2. The molecule has 168 valence electrons. The van der Waals surface area contributed by atoms with Crippen molar-refractivity contribution >= 4 is 23.4 Å². The minimum Gasteiger partial charge on any atom is -0.483 e. The van der Waals surface area contributed by atoms with Crippen LogP contribution in [-0.2, 0) is 11.3 Å². The Hall–Kier alpha value is -3.00. The minimum atomic E-state index is -0.235. The Bertz CT molecular complexity index is 1000. The van der Waals surface area contributed by atoms with Crippen molar-refractivity contribution in [1.82, 2.24) is 19.7 Å². The highest BCUT2D eigenvalue weighted by Crippen LogP contribution is 2.25. The van der Waals surface area contributed by atoms with Gasteiger partial charge in [0.25, 0.3) is 0 Å². The Labute approximate surface area is 193 Å². The second-order valence-electron chi connectivity index (χ2n) is 7.65. The lowest BCUT2D eigenvalue weighted by atomic mass is 10.2. The van der Waals surface area contributed by atoms with E-state index in [2.05, 4.69) is 34.2 Å². The van der Waals surface area contributed by atoms with Crippen molar-refractivity contribution in [2.24, 2.45) is 0 Å². The summed E-state index contributed by atoms with van der Waals surface area (Å²) in [7, 11) is 0. The van der Waals surface area contributed by atoms with Crippen LogP contribution < -0.4 is 9.64 Å². The maximum atomic E-state index is 12.8. The summed E-state index contributed by atoms with van der Waals surface area (Å²) in [6.45, 7) is 7.92. The fourth-order valence-electron chi connectivity index (χ4n) is 3.83. The Balaban J connectivity index is 1.31. The summed E-state index contributed by atoms with van der Waals surface area (Å²) in [5.41, 5.74) is 1.21. The number of para-hydroxylation sites is 2. The van der Waals surface area contributed by atoms with Crippen LogP contribution in [0.4, 0.5) is 5.69 Å². The van der Waals surface area contributed by atoms with Crippen LogP contribution in [0.1, 0.15) is 25.8 Å². The average molecular weight is 452 g/mol. The molecule has 2 aromatic carbocycles. The lowest BCUT2D eigenvalue weighted by Gasteiger charge is -2.36. The van der Waals surface area contributed by atoms with Gasteiger partial charge in [-0.05, 0) is 38.1 Å². The van der Waals surface area contributed by atoms with Crippen molar-refractivity contribution < 1.29 is 9.53 Å². The van der Waals surface area contributed by atoms with Gasteiger partial charge in [0.1, 0.15) is 5.75 Å². The minimum absolute atomic E-state index is 0.142. The molecule has 1 amide bonds. The summed E-state index contributed by atoms with van der Waals surface area (Å²) in [6.07, 6.45) is -0.235. The lowest BCUT2D eigenvalue weighted by molar-refractivity contribution is -0.128. The number of piperazine rings is 1. The largest absolute Gasteiger partial charge is 0.483 e. The summed E-state index contributed by atoms with van der Waals surface area (Å²) >= 11 is 1.44. The normalized spacial score (nSPS) is 14.9. The smallest absolute Gasteiger partial charge is 0.233 e. The molecule has 1 unspecified atom stereocenters. The molecule has 1 aliphatic heterocycles. The first-order valence-electron chi connectivity index (χ1n) is 11.0. The monoisotopic (exact) mass is 451 g/mol. The molecular weight excluding hydrogens is 422 g/mol. The summed E-state index contributed by atoms with van der Waals surface area (Å²) < 4.78 is 8.04. The molecule has 2 heterocycles. The van der Waals surface area contributed by atoms with E-state index >= 15 is 0 Å². The first-order chi connectivity index (χ1) is 15.7. The number of carbonyl (C=O) groups is 1. The molecule has 0 saturated carbocycles. The Morgan fingerprint density at radius 3 is 2.31 bits per heavy atom. The number of aromatic nitrogens is 3. The van der Waals surface area contributed by atoms with Crippen LogP contribution in [-0.4, -0.2) is 57.5 Å². The van der Waals surface area contributed by atoms with Crippen LogP contribution in [0.3, 0.4) is 0 Å². The van der Waals surface area contributed by atoms with Crippen molar-refractivity contribution in [2.45, 2.75) is 31.7 Å². The molecular formula is C24H29N5O2S. The molecule has 1 atom stereocenters. The van der Waals surface area contributed by atoms with Gasteiger partial charge in [0.05, 0.1) is 5.75 Å². The summed E-state index contributed by atoms with van der Waals surface area (Å²) in [6, 6.07) is 20.0. The SMILES string of the molecule is CCn1c(SCC(=O)N2CCN(c3ccccc3)CC2)nnc1C(C)Oc1ccccc1. The first-order valence-corrected chi connectivity index (χ1v) is 12.0. The van der Waals surface area contributed by atoms with Gasteiger partial charge in [0, 0.05) is 38.4 Å². The molecule has 3 aromatic rings. The van der Waals surface area contributed by atoms with Crippen molar-refractivity contribution in [3.8, 4) is 5.75 Å². The van der Waals surface area contributed by atoms with Crippen molar-refractivity contribution in [3.63, 3.8) is 0 Å². The summed E-state index contributed by atoms with van der Waals surface area (Å²) in [4.78, 5) is 17.1. The summed E-state index contributed by atoms with van der Waals surface area (Å²) in [5, 5.41) is 9.44. The number of ether oxygens (including phenoxy) is 1. The number of anilines is 1. The fraction of sp³-hybridized carbons (Fsp3) is 0.375. The number of thioether (sulfide) groups is 1. The zero-order valence-electron chi connectivity index (χ0n) is 18.6. The Kier molecular flexibility index (Phi) is 7.32. The van der Waals surface area contributed by atoms with E-state index in [1.54, 1.807) is 0 Å². The molecule has 4 rings (SSSR count). The Morgan fingerprint density at radius 2 is 1.66 bits per heavy atom. The van der Waals surface area contributed by atoms with Crippen LogP contribution in [0, 0.1) is 0 Å². The van der Waals surface area contributed by atoms with E-state index in [4.69, 9.17) is 4.74 Å². The Morgan fingerprint density at radius 1 is 1.00 bits per heavy atom. The molecule has 1 aromatic heterocycles. The predicted octanol–water partition coefficient (Wildman–Crippen LogP) is 3.88. The van der Waals surface area contributed by atoms with Gasteiger partial charge in [-0.15, -0.1) is 10.2 Å². The van der Waals surface area contributed by atoms with Gasteiger partial charge in [0.15, 0.2) is 17.1 Å². The number of rotatable bonds is 8. The van der Waals surface area contributed by atoms with Gasteiger partial charge < -0.3 is 19.1 Å². The molecule has 1 saturated heterocycles. The zero-order valence-corrected chi connectivity index (χ0v) is 19.4. The van der Waals surface area contributed by atoms with Crippen LogP contribution >= 0.6 is 11.8 Å². The van der Waals surface area contributed by atoms with Crippen LogP contribution in [0.5, 0.6) is 5.75 Å². The van der Waals surface area contributed by atoms with Crippen LogP contribution in [0.2, 0.25) is 0 Å². The van der Waals surface area contributed by atoms with Crippen molar-refractivity contribution in [2.75, 3.05) is 36.8 Å². The lowest BCUT2D eigenvalue weighted by Crippen LogP contribution is -2.49. The fourth-order valence-corrected chi connectivity index (χ4v) is 4.74. The molecule has 1 fully saturated rings.